The van der Waals surface area contributed by atoms with Crippen LogP contribution in [0.4, 0.5) is 0 Å². The molecule has 7 nitrogen and oxygen atoms in total. The molecule has 1 atom stereocenters. The highest BCUT2D eigenvalue weighted by atomic mass is 16.3. The van der Waals surface area contributed by atoms with Gasteiger partial charge in [-0.2, -0.15) is 5.10 Å². The van der Waals surface area contributed by atoms with Crippen LogP contribution in [0.25, 0.3) is 0 Å². The molecule has 0 saturated heterocycles. The predicted octanol–water partition coefficient (Wildman–Crippen LogP) is 2.36. The van der Waals surface area contributed by atoms with Gasteiger partial charge in [0.15, 0.2) is 0 Å². The molecule has 4 rings (SSSR count). The molecular weight excluding hydrogens is 354 g/mol. The first-order chi connectivity index (χ1) is 13.7. The lowest BCUT2D eigenvalue weighted by Gasteiger charge is -2.28. The molecule has 28 heavy (non-hydrogen) atoms. The maximum Gasteiger partial charge on any atom is 0.257 e. The molecule has 1 aromatic carbocycles. The number of carbonyl (C=O) groups excluding carboxylic acids is 1. The quantitative estimate of drug-likeness (QED) is 0.738. The van der Waals surface area contributed by atoms with Crippen molar-refractivity contribution in [1.82, 2.24) is 24.6 Å². The van der Waals surface area contributed by atoms with Crippen molar-refractivity contribution in [3.63, 3.8) is 0 Å². The number of hydrogen-bond acceptors (Lipinski definition) is 5. The third kappa shape index (κ3) is 3.53. The molecule has 0 fully saturated rings. The van der Waals surface area contributed by atoms with E-state index >= 15 is 0 Å². The van der Waals surface area contributed by atoms with Gasteiger partial charge in [0.2, 0.25) is 0 Å². The van der Waals surface area contributed by atoms with Crippen molar-refractivity contribution in [3.05, 3.63) is 77.1 Å². The zero-order valence-electron chi connectivity index (χ0n) is 15.8. The zero-order chi connectivity index (χ0) is 19.5. The summed E-state index contributed by atoms with van der Waals surface area (Å²) in [7, 11) is 0. The van der Waals surface area contributed by atoms with Gasteiger partial charge in [-0.15, -0.1) is 0 Å². The normalized spacial score (nSPS) is 14.6. The van der Waals surface area contributed by atoms with E-state index < -0.39 is 6.10 Å². The van der Waals surface area contributed by atoms with Crippen molar-refractivity contribution in [1.29, 1.82) is 0 Å². The Morgan fingerprint density at radius 3 is 2.86 bits per heavy atom. The molecule has 0 unspecified atom stereocenters. The second-order valence-electron chi connectivity index (χ2n) is 6.96. The number of aliphatic hydroxyl groups excluding tert-OH is 1. The van der Waals surface area contributed by atoms with E-state index in [1.165, 1.54) is 6.33 Å². The number of fused-ring (bicyclic) bond motifs is 1. The Morgan fingerprint density at radius 1 is 1.25 bits per heavy atom. The Balaban J connectivity index is 1.54. The van der Waals surface area contributed by atoms with E-state index in [1.807, 2.05) is 41.1 Å². The summed E-state index contributed by atoms with van der Waals surface area (Å²) in [5, 5.41) is 15.2. The van der Waals surface area contributed by atoms with Gasteiger partial charge in [-0.05, 0) is 18.1 Å². The summed E-state index contributed by atoms with van der Waals surface area (Å²) in [4.78, 5) is 23.2. The van der Waals surface area contributed by atoms with Crippen molar-refractivity contribution in [2.45, 2.75) is 39.0 Å². The first kappa shape index (κ1) is 18.3. The van der Waals surface area contributed by atoms with Crippen LogP contribution in [-0.2, 0) is 19.5 Å². The van der Waals surface area contributed by atoms with Crippen molar-refractivity contribution in [2.75, 3.05) is 6.54 Å². The first-order valence-electron chi connectivity index (χ1n) is 9.55. The largest absolute Gasteiger partial charge is 0.382 e. The fraction of sp³-hybridized carbons (Fsp3) is 0.333. The van der Waals surface area contributed by atoms with E-state index in [0.29, 0.717) is 30.9 Å². The molecule has 7 heteroatoms. The number of rotatable bonds is 5. The molecule has 144 valence electrons. The van der Waals surface area contributed by atoms with Gasteiger partial charge >= 0.3 is 0 Å². The third-order valence-corrected chi connectivity index (χ3v) is 5.01. The molecule has 1 amide bonds. The van der Waals surface area contributed by atoms with E-state index in [0.717, 1.165) is 29.8 Å². The Labute approximate surface area is 163 Å². The molecule has 1 aliphatic rings. The predicted molar refractivity (Wildman–Crippen MR) is 103 cm³/mol. The number of amides is 1. The Hall–Kier alpha value is -3.06. The number of aryl methyl sites for hydroxylation is 1. The first-order valence-corrected chi connectivity index (χ1v) is 9.55. The van der Waals surface area contributed by atoms with E-state index in [-0.39, 0.29) is 5.91 Å². The summed E-state index contributed by atoms with van der Waals surface area (Å²) < 4.78 is 1.87. The molecule has 3 aromatic rings. The monoisotopic (exact) mass is 377 g/mol. The fourth-order valence-corrected chi connectivity index (χ4v) is 3.54. The number of hydrogen-bond donors (Lipinski definition) is 1. The van der Waals surface area contributed by atoms with Crippen LogP contribution in [0.2, 0.25) is 0 Å². The molecule has 1 aliphatic heterocycles. The lowest BCUT2D eigenvalue weighted by Crippen LogP contribution is -2.39. The van der Waals surface area contributed by atoms with Crippen LogP contribution in [0.15, 0.2) is 48.9 Å². The minimum absolute atomic E-state index is 0.0540. The molecule has 0 spiro atoms. The molecule has 2 aromatic heterocycles. The molecular formula is C21H23N5O2. The summed E-state index contributed by atoms with van der Waals surface area (Å²) in [6.45, 7) is 3.68. The van der Waals surface area contributed by atoms with Crippen LogP contribution in [0.5, 0.6) is 0 Å². The van der Waals surface area contributed by atoms with Crippen molar-refractivity contribution in [3.8, 4) is 0 Å². The van der Waals surface area contributed by atoms with Gasteiger partial charge in [0.05, 0.1) is 35.7 Å². The van der Waals surface area contributed by atoms with E-state index in [1.54, 1.807) is 11.1 Å². The van der Waals surface area contributed by atoms with Gasteiger partial charge in [-0.3, -0.25) is 9.48 Å². The number of benzene rings is 1. The minimum atomic E-state index is -0.776. The van der Waals surface area contributed by atoms with Crippen LogP contribution < -0.4 is 0 Å². The van der Waals surface area contributed by atoms with E-state index in [9.17, 15) is 9.90 Å². The minimum Gasteiger partial charge on any atom is -0.382 e. The molecule has 0 bridgehead atoms. The Morgan fingerprint density at radius 2 is 2.07 bits per heavy atom. The maximum absolute atomic E-state index is 13.0. The Bertz CT molecular complexity index is 970. The van der Waals surface area contributed by atoms with Gasteiger partial charge < -0.3 is 10.0 Å². The number of carbonyl (C=O) groups is 1. The molecule has 0 radical (unpaired) electrons. The van der Waals surface area contributed by atoms with Crippen molar-refractivity contribution < 1.29 is 9.90 Å². The van der Waals surface area contributed by atoms with E-state index in [4.69, 9.17) is 0 Å². The van der Waals surface area contributed by atoms with Gasteiger partial charge in [-0.25, -0.2) is 9.97 Å². The SMILES string of the molecule is CCCc1ncncc1C(=O)N1CCn2nc([C@@H](O)c3ccccc3)cc2C1. The summed E-state index contributed by atoms with van der Waals surface area (Å²) in [5.74, 6) is -0.0540. The molecule has 0 saturated carbocycles. The fourth-order valence-electron chi connectivity index (χ4n) is 3.54. The summed E-state index contributed by atoms with van der Waals surface area (Å²) >= 11 is 0. The highest BCUT2D eigenvalue weighted by Gasteiger charge is 2.26. The summed E-state index contributed by atoms with van der Waals surface area (Å²) in [5.41, 5.74) is 3.68. The van der Waals surface area contributed by atoms with Gasteiger partial charge in [-0.1, -0.05) is 43.7 Å². The topological polar surface area (TPSA) is 84.1 Å². The molecule has 0 aliphatic carbocycles. The second-order valence-corrected chi connectivity index (χ2v) is 6.96. The molecule has 1 N–H and O–H groups in total. The second kappa shape index (κ2) is 7.90. The van der Waals surface area contributed by atoms with Crippen molar-refractivity contribution in [2.24, 2.45) is 0 Å². The van der Waals surface area contributed by atoms with Gasteiger partial charge in [0.1, 0.15) is 12.4 Å². The van der Waals surface area contributed by atoms with Crippen LogP contribution in [-0.4, -0.2) is 42.2 Å². The highest BCUT2D eigenvalue weighted by molar-refractivity contribution is 5.95. The average Bonchev–Trinajstić information content (AvgIpc) is 3.17. The van der Waals surface area contributed by atoms with Crippen LogP contribution in [0, 0.1) is 0 Å². The van der Waals surface area contributed by atoms with Gasteiger partial charge in [0.25, 0.3) is 5.91 Å². The smallest absolute Gasteiger partial charge is 0.257 e. The number of aliphatic hydroxyl groups is 1. The van der Waals surface area contributed by atoms with Crippen molar-refractivity contribution >= 4 is 5.91 Å². The lowest BCUT2D eigenvalue weighted by molar-refractivity contribution is 0.0703. The maximum atomic E-state index is 13.0. The summed E-state index contributed by atoms with van der Waals surface area (Å²) in [6, 6.07) is 11.3. The van der Waals surface area contributed by atoms with E-state index in [2.05, 4.69) is 22.0 Å². The number of nitrogens with zero attached hydrogens (tertiary/aromatic N) is 5. The zero-order valence-corrected chi connectivity index (χ0v) is 15.8. The van der Waals surface area contributed by atoms with Crippen LogP contribution >= 0.6 is 0 Å². The lowest BCUT2D eigenvalue weighted by atomic mass is 10.1. The summed E-state index contributed by atoms with van der Waals surface area (Å²) in [6.07, 6.45) is 4.00. The standard InChI is InChI=1S/C21H23N5O2/c1-2-6-18-17(12-22-14-23-18)21(28)25-9-10-26-16(13-25)11-19(24-26)20(27)15-7-4-3-5-8-15/h3-5,7-8,11-12,14,20,27H,2,6,9-10,13H2,1H3/t20-/m0/s1. The number of aromatic nitrogens is 4. The molecule has 3 heterocycles. The van der Waals surface area contributed by atoms with Crippen LogP contribution in [0.1, 0.15) is 52.5 Å². The highest BCUT2D eigenvalue weighted by Crippen LogP contribution is 2.24. The van der Waals surface area contributed by atoms with Crippen LogP contribution in [0.3, 0.4) is 0 Å². The Kier molecular flexibility index (Phi) is 5.16. The average molecular weight is 377 g/mol. The van der Waals surface area contributed by atoms with Gasteiger partial charge in [0, 0.05) is 12.7 Å². The third-order valence-electron chi connectivity index (χ3n) is 5.01.